The SMILES string of the molecule is Cn1ncc2c1N(OC(=O)C(F)(F)F)C(=O)[C@@H](N)C2. The summed E-state index contributed by atoms with van der Waals surface area (Å²) in [5.74, 6) is -3.47. The van der Waals surface area contributed by atoms with Crippen molar-refractivity contribution in [1.29, 1.82) is 0 Å². The average Bonchev–Trinajstić information content (AvgIpc) is 2.64. The van der Waals surface area contributed by atoms with Gasteiger partial charge in [0, 0.05) is 19.0 Å². The monoisotopic (exact) mass is 278 g/mol. The van der Waals surface area contributed by atoms with Crippen LogP contribution in [-0.2, 0) is 27.9 Å². The second-order valence-corrected chi connectivity index (χ2v) is 3.94. The van der Waals surface area contributed by atoms with Crippen LogP contribution in [-0.4, -0.2) is 33.9 Å². The van der Waals surface area contributed by atoms with Crippen LogP contribution >= 0.6 is 0 Å². The first-order valence-corrected chi connectivity index (χ1v) is 5.11. The van der Waals surface area contributed by atoms with Crippen molar-refractivity contribution in [3.8, 4) is 0 Å². The summed E-state index contributed by atoms with van der Waals surface area (Å²) in [6.45, 7) is 0. The molecule has 1 aromatic heterocycles. The first-order chi connectivity index (χ1) is 8.71. The third-order valence-corrected chi connectivity index (χ3v) is 2.54. The van der Waals surface area contributed by atoms with Crippen molar-refractivity contribution in [3.05, 3.63) is 11.8 Å². The number of nitrogens with zero attached hydrogens (tertiary/aromatic N) is 3. The molecule has 1 atom stereocenters. The predicted octanol–water partition coefficient (Wildman–Crippen LogP) is -0.343. The fourth-order valence-electron chi connectivity index (χ4n) is 1.68. The highest BCUT2D eigenvalue weighted by atomic mass is 19.4. The number of aryl methyl sites for hydroxylation is 1. The van der Waals surface area contributed by atoms with Crippen molar-refractivity contribution in [2.45, 2.75) is 18.6 Å². The molecule has 0 spiro atoms. The number of anilines is 1. The van der Waals surface area contributed by atoms with E-state index >= 15 is 0 Å². The van der Waals surface area contributed by atoms with Crippen molar-refractivity contribution >= 4 is 17.7 Å². The minimum absolute atomic E-state index is 0.0377. The van der Waals surface area contributed by atoms with Crippen LogP contribution in [0, 0.1) is 0 Å². The zero-order chi connectivity index (χ0) is 14.4. The third kappa shape index (κ3) is 2.26. The number of rotatable bonds is 1. The standard InChI is InChI=1S/C9H9F3N4O3/c1-15-6-4(3-14-15)2-5(13)7(17)16(6)19-8(18)9(10,11)12/h3,5H,2,13H2,1H3/t5-/m0/s1. The highest BCUT2D eigenvalue weighted by Gasteiger charge is 2.46. The summed E-state index contributed by atoms with van der Waals surface area (Å²) >= 11 is 0. The Morgan fingerprint density at radius 2 is 2.21 bits per heavy atom. The van der Waals surface area contributed by atoms with Crippen LogP contribution in [0.4, 0.5) is 19.0 Å². The molecule has 7 nitrogen and oxygen atoms in total. The number of alkyl halides is 3. The molecule has 104 valence electrons. The van der Waals surface area contributed by atoms with Gasteiger partial charge in [-0.15, -0.1) is 5.06 Å². The smallest absolute Gasteiger partial charge is 0.323 e. The molecule has 0 bridgehead atoms. The molecule has 1 amide bonds. The topological polar surface area (TPSA) is 90.5 Å². The van der Waals surface area contributed by atoms with Gasteiger partial charge in [0.15, 0.2) is 5.82 Å². The van der Waals surface area contributed by atoms with Crippen molar-refractivity contribution in [2.24, 2.45) is 12.8 Å². The quantitative estimate of drug-likeness (QED) is 0.758. The van der Waals surface area contributed by atoms with E-state index < -0.39 is 24.1 Å². The maximum atomic E-state index is 12.2. The van der Waals surface area contributed by atoms with Gasteiger partial charge < -0.3 is 10.6 Å². The fourth-order valence-corrected chi connectivity index (χ4v) is 1.68. The maximum absolute atomic E-state index is 12.2. The van der Waals surface area contributed by atoms with Gasteiger partial charge in [-0.1, -0.05) is 0 Å². The lowest BCUT2D eigenvalue weighted by atomic mass is 10.0. The second kappa shape index (κ2) is 4.23. The Bertz CT molecular complexity index is 539. The molecular formula is C9H9F3N4O3. The fraction of sp³-hybridized carbons (Fsp3) is 0.444. The Balaban J connectivity index is 2.35. The molecule has 0 fully saturated rings. The summed E-state index contributed by atoms with van der Waals surface area (Å²) in [4.78, 5) is 26.6. The highest BCUT2D eigenvalue weighted by molar-refractivity contribution is 5.99. The van der Waals surface area contributed by atoms with E-state index in [0.717, 1.165) is 4.68 Å². The number of halogens is 3. The van der Waals surface area contributed by atoms with Gasteiger partial charge in [-0.25, -0.2) is 9.48 Å². The summed E-state index contributed by atoms with van der Waals surface area (Å²) < 4.78 is 37.6. The minimum Gasteiger partial charge on any atom is -0.323 e. The molecule has 10 heteroatoms. The molecule has 1 aromatic rings. The van der Waals surface area contributed by atoms with E-state index in [1.54, 1.807) is 0 Å². The number of carbonyl (C=O) groups excluding carboxylic acids is 2. The Hall–Kier alpha value is -2.10. The first kappa shape index (κ1) is 13.3. The van der Waals surface area contributed by atoms with E-state index in [0.29, 0.717) is 5.56 Å². The number of aromatic nitrogens is 2. The average molecular weight is 278 g/mol. The Kier molecular flexibility index (Phi) is 2.97. The van der Waals surface area contributed by atoms with Crippen molar-refractivity contribution in [2.75, 3.05) is 5.06 Å². The normalized spacial score (nSPS) is 19.3. The van der Waals surface area contributed by atoms with Crippen LogP contribution in [0.25, 0.3) is 0 Å². The molecule has 1 aliphatic heterocycles. The van der Waals surface area contributed by atoms with Crippen molar-refractivity contribution in [1.82, 2.24) is 9.78 Å². The van der Waals surface area contributed by atoms with E-state index in [2.05, 4.69) is 9.94 Å². The van der Waals surface area contributed by atoms with Crippen LogP contribution in [0.1, 0.15) is 5.56 Å². The van der Waals surface area contributed by atoms with E-state index in [1.165, 1.54) is 13.2 Å². The lowest BCUT2D eigenvalue weighted by Crippen LogP contribution is -2.51. The van der Waals surface area contributed by atoms with Gasteiger partial charge in [-0.05, 0) is 0 Å². The molecule has 1 aliphatic rings. The molecule has 0 aliphatic carbocycles. The molecule has 2 rings (SSSR count). The van der Waals surface area contributed by atoms with Gasteiger partial charge in [-0.2, -0.15) is 18.3 Å². The van der Waals surface area contributed by atoms with E-state index in [-0.39, 0.29) is 17.3 Å². The van der Waals surface area contributed by atoms with Gasteiger partial charge in [-0.3, -0.25) is 4.79 Å². The number of fused-ring (bicyclic) bond motifs is 1. The van der Waals surface area contributed by atoms with Gasteiger partial charge in [0.05, 0.1) is 12.2 Å². The number of hydrogen-bond donors (Lipinski definition) is 1. The van der Waals surface area contributed by atoms with Gasteiger partial charge in [0.2, 0.25) is 0 Å². The summed E-state index contributed by atoms with van der Waals surface area (Å²) in [5, 5.41) is 4.02. The number of amides is 1. The lowest BCUT2D eigenvalue weighted by Gasteiger charge is -2.28. The van der Waals surface area contributed by atoms with E-state index in [4.69, 9.17) is 5.73 Å². The highest BCUT2D eigenvalue weighted by Crippen LogP contribution is 2.28. The zero-order valence-corrected chi connectivity index (χ0v) is 9.64. The molecule has 0 radical (unpaired) electrons. The van der Waals surface area contributed by atoms with Gasteiger partial charge in [0.1, 0.15) is 0 Å². The third-order valence-electron chi connectivity index (χ3n) is 2.54. The van der Waals surface area contributed by atoms with Crippen LogP contribution < -0.4 is 10.8 Å². The maximum Gasteiger partial charge on any atom is 0.493 e. The first-order valence-electron chi connectivity index (χ1n) is 5.11. The lowest BCUT2D eigenvalue weighted by molar-refractivity contribution is -0.202. The molecular weight excluding hydrogens is 269 g/mol. The largest absolute Gasteiger partial charge is 0.493 e. The van der Waals surface area contributed by atoms with Gasteiger partial charge in [0.25, 0.3) is 5.91 Å². The molecule has 0 unspecified atom stereocenters. The van der Waals surface area contributed by atoms with Crippen molar-refractivity contribution in [3.63, 3.8) is 0 Å². The Morgan fingerprint density at radius 3 is 2.79 bits per heavy atom. The number of hydroxylamine groups is 1. The molecule has 2 heterocycles. The predicted molar refractivity (Wildman–Crippen MR) is 54.5 cm³/mol. The summed E-state index contributed by atoms with van der Waals surface area (Å²) in [7, 11) is 1.40. The summed E-state index contributed by atoms with van der Waals surface area (Å²) in [6, 6.07) is -1.09. The number of carbonyl (C=O) groups is 2. The molecule has 0 saturated carbocycles. The number of nitrogens with two attached hydrogens (primary N) is 1. The summed E-state index contributed by atoms with van der Waals surface area (Å²) in [6.07, 6.45) is -3.75. The Morgan fingerprint density at radius 1 is 1.58 bits per heavy atom. The Labute approximate surface area is 104 Å². The van der Waals surface area contributed by atoms with Crippen LogP contribution in [0.15, 0.2) is 6.20 Å². The minimum atomic E-state index is -5.21. The van der Waals surface area contributed by atoms with Crippen molar-refractivity contribution < 1.29 is 27.6 Å². The zero-order valence-electron chi connectivity index (χ0n) is 9.64. The molecule has 2 N–H and O–H groups in total. The molecule has 19 heavy (non-hydrogen) atoms. The second-order valence-electron chi connectivity index (χ2n) is 3.94. The van der Waals surface area contributed by atoms with E-state index in [9.17, 15) is 22.8 Å². The van der Waals surface area contributed by atoms with E-state index in [1.807, 2.05) is 0 Å². The summed E-state index contributed by atoms with van der Waals surface area (Å²) in [5.41, 5.74) is 5.90. The van der Waals surface area contributed by atoms with Crippen LogP contribution in [0.5, 0.6) is 0 Å². The van der Waals surface area contributed by atoms with Crippen LogP contribution in [0.3, 0.4) is 0 Å². The molecule has 0 saturated heterocycles. The molecule has 0 aromatic carbocycles. The van der Waals surface area contributed by atoms with Crippen LogP contribution in [0.2, 0.25) is 0 Å². The number of hydrogen-bond acceptors (Lipinski definition) is 5. The van der Waals surface area contributed by atoms with Gasteiger partial charge >= 0.3 is 12.1 Å².